The van der Waals surface area contributed by atoms with Crippen molar-refractivity contribution < 1.29 is 0 Å². The van der Waals surface area contributed by atoms with Crippen molar-refractivity contribution in [3.8, 4) is 34.6 Å². The fourth-order valence-corrected chi connectivity index (χ4v) is 17.4. The van der Waals surface area contributed by atoms with Gasteiger partial charge in [-0.1, -0.05) is 226 Å². The highest BCUT2D eigenvalue weighted by Gasteiger charge is 2.58. The minimum absolute atomic E-state index is 0.227. The molecule has 0 N–H and O–H groups in total. The van der Waals surface area contributed by atoms with E-state index in [0.717, 1.165) is 19.3 Å². The van der Waals surface area contributed by atoms with Crippen LogP contribution in [-0.2, 0) is 5.41 Å². The SMILES string of the molecule is C#CC1=C(CCC)c2ccccc2C12c1cc(C3=CC4C(C=C3)c3cc5c(cc3S4(C)C)=C(c3ccc(-c4ccccc4)cc3)C3CC=CC=C3C=5c3ccc(-c4ccccc4)cc3)ccc1C1C=CC=CC12. The molecule has 14 rings (SSSR count). The number of allylic oxidation sites excluding steroid dienone is 13. The van der Waals surface area contributed by atoms with Gasteiger partial charge in [0.2, 0.25) is 0 Å². The van der Waals surface area contributed by atoms with E-state index in [0.29, 0.717) is 5.25 Å². The third-order valence-corrected chi connectivity index (χ3v) is 21.0. The lowest BCUT2D eigenvalue weighted by Gasteiger charge is -2.37. The molecular formula is C72H58S. The van der Waals surface area contributed by atoms with Crippen LogP contribution < -0.4 is 10.4 Å². The minimum Gasteiger partial charge on any atom is -0.213 e. The van der Waals surface area contributed by atoms with Gasteiger partial charge < -0.3 is 0 Å². The van der Waals surface area contributed by atoms with Gasteiger partial charge in [-0.15, -0.1) is 6.42 Å². The Morgan fingerprint density at radius 1 is 0.603 bits per heavy atom. The van der Waals surface area contributed by atoms with Crippen LogP contribution in [0.25, 0.3) is 44.5 Å². The smallest absolute Gasteiger partial charge is 0.0613 e. The molecule has 7 aliphatic rings. The molecule has 0 fully saturated rings. The number of hydrogen-bond donors (Lipinski definition) is 0. The molecule has 1 aliphatic heterocycles. The summed E-state index contributed by atoms with van der Waals surface area (Å²) in [7, 11) is -1.33. The topological polar surface area (TPSA) is 0 Å². The van der Waals surface area contributed by atoms with Crippen molar-refractivity contribution in [2.24, 2.45) is 11.8 Å². The Morgan fingerprint density at radius 3 is 1.99 bits per heavy atom. The molecule has 0 saturated heterocycles. The molecule has 0 aromatic heterocycles. The zero-order chi connectivity index (χ0) is 49.0. The maximum absolute atomic E-state index is 6.72. The molecular weight excluding hydrogens is 897 g/mol. The van der Waals surface area contributed by atoms with Crippen LogP contribution in [0.3, 0.4) is 0 Å². The number of benzene rings is 7. The standard InChI is InChI=1S/C72H58S/c1-5-19-54-55-24-15-17-28-65(55)72(64(54)6-2)66-29-18-16-25-56(66)57-40-38-52(42-67(57)72)53-39-41-58-61-44-62-63(45-69(61)73(3,4)68(58)43-53)71(51-36-32-49(33-37-51)47-22-11-8-12-23-47)60-27-14-13-26-59(60)70(62)50-34-30-48(31-35-50)46-20-9-7-10-21-46/h2,7-18,20-26,28-45,56,58,60,66,68H,5,19,27H2,1,3-4H3. The lowest BCUT2D eigenvalue weighted by Crippen LogP contribution is -2.38. The van der Waals surface area contributed by atoms with Crippen molar-refractivity contribution in [3.63, 3.8) is 0 Å². The first-order chi connectivity index (χ1) is 35.9. The van der Waals surface area contributed by atoms with Crippen molar-refractivity contribution in [2.75, 3.05) is 12.5 Å². The summed E-state index contributed by atoms with van der Waals surface area (Å²) >= 11 is 0. The molecule has 6 aliphatic carbocycles. The van der Waals surface area contributed by atoms with Gasteiger partial charge in [-0.05, 0) is 154 Å². The van der Waals surface area contributed by atoms with Crippen LogP contribution in [0.1, 0.15) is 82.5 Å². The van der Waals surface area contributed by atoms with E-state index < -0.39 is 15.4 Å². The Labute approximate surface area is 433 Å². The van der Waals surface area contributed by atoms with Crippen LogP contribution in [-0.4, -0.2) is 17.8 Å². The first-order valence-electron chi connectivity index (χ1n) is 26.4. The van der Waals surface area contributed by atoms with Crippen LogP contribution in [0, 0.1) is 24.2 Å². The molecule has 0 amide bonds. The van der Waals surface area contributed by atoms with Crippen LogP contribution in [0.15, 0.2) is 241 Å². The fraction of sp³-hybridized carbons (Fsp3) is 0.167. The van der Waals surface area contributed by atoms with Gasteiger partial charge in [0.05, 0.1) is 5.41 Å². The van der Waals surface area contributed by atoms with Crippen molar-refractivity contribution in [1.29, 1.82) is 0 Å². The van der Waals surface area contributed by atoms with E-state index in [1.165, 1.54) is 111 Å². The number of fused-ring (bicyclic) bond motifs is 12. The van der Waals surface area contributed by atoms with E-state index in [1.807, 2.05) is 0 Å². The van der Waals surface area contributed by atoms with E-state index >= 15 is 0 Å². The van der Waals surface area contributed by atoms with Crippen LogP contribution >= 0.6 is 10.0 Å². The van der Waals surface area contributed by atoms with Crippen LogP contribution in [0.2, 0.25) is 0 Å². The number of hydrogen-bond acceptors (Lipinski definition) is 0. The van der Waals surface area contributed by atoms with E-state index in [-0.39, 0.29) is 23.7 Å². The molecule has 1 heterocycles. The normalized spacial score (nSPS) is 24.4. The summed E-state index contributed by atoms with van der Waals surface area (Å²) in [6.45, 7) is 2.28. The summed E-state index contributed by atoms with van der Waals surface area (Å²) in [6.07, 6.45) is 39.0. The van der Waals surface area contributed by atoms with Gasteiger partial charge in [-0.2, -0.15) is 0 Å². The molecule has 0 saturated carbocycles. The molecule has 0 radical (unpaired) electrons. The lowest BCUT2D eigenvalue weighted by atomic mass is 9.64. The van der Waals surface area contributed by atoms with Gasteiger partial charge in [-0.3, -0.25) is 0 Å². The van der Waals surface area contributed by atoms with Crippen molar-refractivity contribution in [2.45, 2.75) is 53.6 Å². The first-order valence-corrected chi connectivity index (χ1v) is 28.9. The highest BCUT2D eigenvalue weighted by atomic mass is 32.3. The average Bonchev–Trinajstić information content (AvgIpc) is 4.03. The van der Waals surface area contributed by atoms with Gasteiger partial charge in [0.1, 0.15) is 0 Å². The maximum Gasteiger partial charge on any atom is 0.0613 e. The zero-order valence-corrected chi connectivity index (χ0v) is 42.7. The predicted octanol–water partition coefficient (Wildman–Crippen LogP) is 15.8. The zero-order valence-electron chi connectivity index (χ0n) is 41.9. The Morgan fingerprint density at radius 2 is 1.26 bits per heavy atom. The predicted molar refractivity (Wildman–Crippen MR) is 310 cm³/mol. The molecule has 1 spiro atoms. The Kier molecular flexibility index (Phi) is 10.3. The largest absolute Gasteiger partial charge is 0.213 e. The second-order valence-electron chi connectivity index (χ2n) is 21.6. The van der Waals surface area contributed by atoms with Gasteiger partial charge in [0.15, 0.2) is 0 Å². The highest BCUT2D eigenvalue weighted by molar-refractivity contribution is 8.33. The first kappa shape index (κ1) is 44.1. The van der Waals surface area contributed by atoms with Crippen molar-refractivity contribution in [3.05, 3.63) is 291 Å². The quantitative estimate of drug-likeness (QED) is 0.140. The molecule has 6 atom stereocenters. The third-order valence-electron chi connectivity index (χ3n) is 17.7. The summed E-state index contributed by atoms with van der Waals surface area (Å²) in [4.78, 5) is 1.55. The second kappa shape index (κ2) is 17.0. The minimum atomic E-state index is -1.33. The molecule has 73 heavy (non-hydrogen) atoms. The molecule has 1 heteroatoms. The third kappa shape index (κ3) is 6.49. The van der Waals surface area contributed by atoms with Gasteiger partial charge >= 0.3 is 0 Å². The second-order valence-corrected chi connectivity index (χ2v) is 25.3. The maximum atomic E-state index is 6.72. The molecule has 7 aromatic rings. The number of terminal acetylenes is 1. The lowest BCUT2D eigenvalue weighted by molar-refractivity contribution is 0.464. The Balaban J connectivity index is 0.937. The van der Waals surface area contributed by atoms with Gasteiger partial charge in [0, 0.05) is 34.5 Å². The summed E-state index contributed by atoms with van der Waals surface area (Å²) in [5.41, 5.74) is 23.6. The molecule has 0 bridgehead atoms. The molecule has 352 valence electrons. The van der Waals surface area contributed by atoms with E-state index in [1.54, 1.807) is 4.90 Å². The highest BCUT2D eigenvalue weighted by Crippen LogP contribution is 2.68. The van der Waals surface area contributed by atoms with Gasteiger partial charge in [0.25, 0.3) is 0 Å². The van der Waals surface area contributed by atoms with Crippen molar-refractivity contribution in [1.82, 2.24) is 0 Å². The Hall–Kier alpha value is -7.63. The number of rotatable bonds is 7. The summed E-state index contributed by atoms with van der Waals surface area (Å²) in [5.74, 6) is 4.40. The molecule has 0 nitrogen and oxygen atoms in total. The van der Waals surface area contributed by atoms with E-state index in [4.69, 9.17) is 6.42 Å². The Bertz CT molecular complexity index is 3860. The molecule has 7 aromatic carbocycles. The van der Waals surface area contributed by atoms with E-state index in [9.17, 15) is 0 Å². The summed E-state index contributed by atoms with van der Waals surface area (Å²) < 4.78 is 0. The molecule has 6 unspecified atom stereocenters. The summed E-state index contributed by atoms with van der Waals surface area (Å²) in [6, 6.07) is 62.2. The average molecular weight is 955 g/mol. The van der Waals surface area contributed by atoms with E-state index in [2.05, 4.69) is 250 Å². The monoisotopic (exact) mass is 954 g/mol. The summed E-state index contributed by atoms with van der Waals surface area (Å²) in [5, 5.41) is 3.11. The van der Waals surface area contributed by atoms with Crippen LogP contribution in [0.4, 0.5) is 0 Å². The van der Waals surface area contributed by atoms with Crippen molar-refractivity contribution >= 4 is 32.3 Å². The van der Waals surface area contributed by atoms with Gasteiger partial charge in [-0.25, -0.2) is 10.0 Å². The van der Waals surface area contributed by atoms with Crippen LogP contribution in [0.5, 0.6) is 0 Å². The fourth-order valence-electron chi connectivity index (χ4n) is 14.5.